The molecule has 5 nitrogen and oxygen atoms in total. The first kappa shape index (κ1) is 21.2. The fraction of sp³-hybridized carbons (Fsp3) is 0.435. The van der Waals surface area contributed by atoms with Crippen molar-refractivity contribution in [2.45, 2.75) is 51.9 Å². The molecule has 0 aromatic heterocycles. The lowest BCUT2D eigenvalue weighted by atomic mass is 9.76. The van der Waals surface area contributed by atoms with Crippen molar-refractivity contribution in [3.8, 4) is 6.07 Å². The number of thioether (sulfide) groups is 1. The largest absolute Gasteiger partial charge is 0.465 e. The number of ketones is 1. The Labute approximate surface area is 176 Å². The Morgan fingerprint density at radius 3 is 2.66 bits per heavy atom. The maximum atomic E-state index is 12.8. The maximum absolute atomic E-state index is 12.8. The van der Waals surface area contributed by atoms with Crippen LogP contribution < -0.4 is 5.32 Å². The zero-order valence-electron chi connectivity index (χ0n) is 17.1. The minimum atomic E-state index is -0.394. The van der Waals surface area contributed by atoms with Gasteiger partial charge in [0.15, 0.2) is 5.78 Å². The van der Waals surface area contributed by atoms with E-state index in [4.69, 9.17) is 4.74 Å². The number of Topliss-reactive ketones (excluding diaryl/α,β-unsaturated/α-hetero) is 1. The highest BCUT2D eigenvalue weighted by Crippen LogP contribution is 2.44. The van der Waals surface area contributed by atoms with Crippen molar-refractivity contribution >= 4 is 23.5 Å². The van der Waals surface area contributed by atoms with Gasteiger partial charge in [-0.1, -0.05) is 49.9 Å². The normalized spacial score (nSPS) is 19.0. The van der Waals surface area contributed by atoms with Gasteiger partial charge in [0, 0.05) is 17.7 Å². The van der Waals surface area contributed by atoms with Gasteiger partial charge in [-0.25, -0.2) is 0 Å². The molecule has 0 amide bonds. The van der Waals surface area contributed by atoms with Crippen LogP contribution in [0.3, 0.4) is 0 Å². The molecule has 0 bridgehead atoms. The number of allylic oxidation sites excluding steroid dienone is 3. The second-order valence-electron chi connectivity index (χ2n) is 7.50. The Hall–Kier alpha value is -2.52. The first-order chi connectivity index (χ1) is 14.0. The molecule has 1 N–H and O–H groups in total. The molecule has 0 saturated carbocycles. The van der Waals surface area contributed by atoms with E-state index in [0.717, 1.165) is 24.1 Å². The standard InChI is InChI=1S/C23H26N2O3S/c1-4-28-20(27)13-29-23-17(12-24)21(16-10-8-15(9-11-16)14(2)3)22-18(25-23)6-5-7-19(22)26/h8-11,14,21,25H,4-7,13H2,1-3H3. The van der Waals surface area contributed by atoms with E-state index < -0.39 is 5.92 Å². The molecule has 29 heavy (non-hydrogen) atoms. The smallest absolute Gasteiger partial charge is 0.316 e. The van der Waals surface area contributed by atoms with Gasteiger partial charge >= 0.3 is 5.97 Å². The minimum absolute atomic E-state index is 0.0962. The third-order valence-electron chi connectivity index (χ3n) is 5.24. The molecule has 1 aliphatic carbocycles. The average Bonchev–Trinajstić information content (AvgIpc) is 2.71. The van der Waals surface area contributed by atoms with Crippen molar-refractivity contribution in [2.24, 2.45) is 0 Å². The van der Waals surface area contributed by atoms with E-state index >= 15 is 0 Å². The Bertz CT molecular complexity index is 907. The van der Waals surface area contributed by atoms with Gasteiger partial charge in [-0.2, -0.15) is 5.26 Å². The predicted octanol–water partition coefficient (Wildman–Crippen LogP) is 4.54. The molecule has 0 fully saturated rings. The Kier molecular flexibility index (Phi) is 6.81. The second kappa shape index (κ2) is 9.32. The van der Waals surface area contributed by atoms with Crippen LogP contribution in [0, 0.1) is 11.3 Å². The molecule has 152 valence electrons. The van der Waals surface area contributed by atoms with E-state index in [1.165, 1.54) is 17.3 Å². The van der Waals surface area contributed by atoms with E-state index in [9.17, 15) is 14.9 Å². The average molecular weight is 411 g/mol. The van der Waals surface area contributed by atoms with Crippen LogP contribution in [0.1, 0.15) is 63.0 Å². The molecule has 3 rings (SSSR count). The zero-order chi connectivity index (χ0) is 21.0. The zero-order valence-corrected chi connectivity index (χ0v) is 17.9. The topological polar surface area (TPSA) is 79.2 Å². The lowest BCUT2D eigenvalue weighted by Gasteiger charge is -2.33. The number of rotatable bonds is 6. The van der Waals surface area contributed by atoms with Crippen molar-refractivity contribution in [1.82, 2.24) is 5.32 Å². The number of hydrogen-bond donors (Lipinski definition) is 1. The molecule has 0 spiro atoms. The van der Waals surface area contributed by atoms with Gasteiger partial charge in [-0.15, -0.1) is 0 Å². The van der Waals surface area contributed by atoms with Crippen LogP contribution in [0.2, 0.25) is 0 Å². The van der Waals surface area contributed by atoms with Crippen LogP contribution in [0.25, 0.3) is 0 Å². The molecule has 2 aliphatic rings. The van der Waals surface area contributed by atoms with Gasteiger partial charge in [0.05, 0.1) is 34.9 Å². The van der Waals surface area contributed by atoms with Gasteiger partial charge in [0.25, 0.3) is 0 Å². The van der Waals surface area contributed by atoms with Crippen molar-refractivity contribution in [2.75, 3.05) is 12.4 Å². The lowest BCUT2D eigenvalue weighted by Crippen LogP contribution is -2.31. The van der Waals surface area contributed by atoms with E-state index in [2.05, 4.69) is 37.4 Å². The number of ether oxygens (including phenoxy) is 1. The lowest BCUT2D eigenvalue weighted by molar-refractivity contribution is -0.139. The van der Waals surface area contributed by atoms with Crippen molar-refractivity contribution in [3.63, 3.8) is 0 Å². The maximum Gasteiger partial charge on any atom is 0.316 e. The molecule has 1 atom stereocenters. The Morgan fingerprint density at radius 1 is 1.31 bits per heavy atom. The second-order valence-corrected chi connectivity index (χ2v) is 8.48. The number of carbonyl (C=O) groups is 2. The molecule has 6 heteroatoms. The summed E-state index contributed by atoms with van der Waals surface area (Å²) in [5.41, 5.74) is 4.22. The summed E-state index contributed by atoms with van der Waals surface area (Å²) in [4.78, 5) is 24.6. The summed E-state index contributed by atoms with van der Waals surface area (Å²) in [6.45, 7) is 6.36. The number of nitrogens with one attached hydrogen (secondary N) is 1. The minimum Gasteiger partial charge on any atom is -0.465 e. The third kappa shape index (κ3) is 4.56. The summed E-state index contributed by atoms with van der Waals surface area (Å²) in [6.07, 6.45) is 2.07. The van der Waals surface area contributed by atoms with E-state index in [1.807, 2.05) is 12.1 Å². The quantitative estimate of drug-likeness (QED) is 0.694. The van der Waals surface area contributed by atoms with E-state index in [-0.39, 0.29) is 17.5 Å². The Morgan fingerprint density at radius 2 is 2.03 bits per heavy atom. The number of dihydropyridines is 1. The molecule has 1 aromatic rings. The van der Waals surface area contributed by atoms with Crippen molar-refractivity contribution in [3.05, 3.63) is 57.3 Å². The van der Waals surface area contributed by atoms with Crippen LogP contribution >= 0.6 is 11.8 Å². The monoisotopic (exact) mass is 410 g/mol. The highest BCUT2D eigenvalue weighted by Gasteiger charge is 2.37. The number of nitriles is 1. The van der Waals surface area contributed by atoms with E-state index in [1.54, 1.807) is 6.92 Å². The van der Waals surface area contributed by atoms with E-state index in [0.29, 0.717) is 35.1 Å². The molecule has 0 saturated heterocycles. The van der Waals surface area contributed by atoms with Gasteiger partial charge < -0.3 is 10.1 Å². The Balaban J connectivity index is 2.02. The summed E-state index contributed by atoms with van der Waals surface area (Å²) in [5.74, 6) is -0.0863. The summed E-state index contributed by atoms with van der Waals surface area (Å²) in [7, 11) is 0. The molecule has 0 radical (unpaired) electrons. The number of nitrogens with zero attached hydrogens (tertiary/aromatic N) is 1. The molecule has 1 heterocycles. The highest BCUT2D eigenvalue weighted by atomic mass is 32.2. The van der Waals surface area contributed by atoms with Gasteiger partial charge in [-0.05, 0) is 36.8 Å². The van der Waals surface area contributed by atoms with Crippen LogP contribution in [0.15, 0.2) is 46.1 Å². The van der Waals surface area contributed by atoms with Crippen LogP contribution in [-0.2, 0) is 14.3 Å². The fourth-order valence-corrected chi connectivity index (χ4v) is 4.64. The summed E-state index contributed by atoms with van der Waals surface area (Å²) < 4.78 is 5.01. The highest BCUT2D eigenvalue weighted by molar-refractivity contribution is 8.03. The van der Waals surface area contributed by atoms with Gasteiger partial charge in [0.1, 0.15) is 0 Å². The molecular weight excluding hydrogens is 384 g/mol. The fourth-order valence-electron chi connectivity index (χ4n) is 3.78. The third-order valence-corrected chi connectivity index (χ3v) is 6.23. The molecular formula is C23H26N2O3S. The number of esters is 1. The summed E-state index contributed by atoms with van der Waals surface area (Å²) >= 11 is 1.27. The molecule has 1 unspecified atom stereocenters. The van der Waals surface area contributed by atoms with Crippen molar-refractivity contribution < 1.29 is 14.3 Å². The first-order valence-electron chi connectivity index (χ1n) is 10.0. The first-order valence-corrected chi connectivity index (χ1v) is 11.0. The van der Waals surface area contributed by atoms with Gasteiger partial charge in [-0.3, -0.25) is 9.59 Å². The molecule has 1 aliphatic heterocycles. The molecule has 1 aromatic carbocycles. The number of hydrogen-bond acceptors (Lipinski definition) is 6. The van der Waals surface area contributed by atoms with Crippen molar-refractivity contribution in [1.29, 1.82) is 5.26 Å². The SMILES string of the molecule is CCOC(=O)CSC1=C(C#N)C(c2ccc(C(C)C)cc2)C2=C(CCCC2=O)N1. The number of benzene rings is 1. The van der Waals surface area contributed by atoms with Gasteiger partial charge in [0.2, 0.25) is 0 Å². The predicted molar refractivity (Wildman–Crippen MR) is 114 cm³/mol. The van der Waals surface area contributed by atoms with Crippen LogP contribution in [0.4, 0.5) is 0 Å². The number of carbonyl (C=O) groups excluding carboxylic acids is 2. The summed E-state index contributed by atoms with van der Waals surface area (Å²) in [5, 5.41) is 13.9. The summed E-state index contributed by atoms with van der Waals surface area (Å²) in [6, 6.07) is 10.5. The van der Waals surface area contributed by atoms with Crippen LogP contribution in [0.5, 0.6) is 0 Å². The van der Waals surface area contributed by atoms with Crippen LogP contribution in [-0.4, -0.2) is 24.1 Å².